The Bertz CT molecular complexity index is 843. The fourth-order valence-electron chi connectivity index (χ4n) is 2.08. The summed E-state index contributed by atoms with van der Waals surface area (Å²) in [5, 5.41) is 16.0. The van der Waals surface area contributed by atoms with Crippen LogP contribution in [0.4, 0.5) is 5.82 Å². The minimum Gasteiger partial charge on any atom is -0.504 e. The summed E-state index contributed by atoms with van der Waals surface area (Å²) in [4.78, 5) is 20.1. The van der Waals surface area contributed by atoms with Gasteiger partial charge in [-0.3, -0.25) is 4.79 Å². The zero-order chi connectivity index (χ0) is 16.9. The molecule has 1 aromatic carbocycles. The van der Waals surface area contributed by atoms with Crippen LogP contribution >= 0.6 is 0 Å². The fraction of sp³-hybridized carbons (Fsp3) is 0.176. The van der Waals surface area contributed by atoms with Gasteiger partial charge in [0.2, 0.25) is 17.6 Å². The van der Waals surface area contributed by atoms with Crippen LogP contribution in [0.2, 0.25) is 0 Å². The highest BCUT2D eigenvalue weighted by atomic mass is 16.5. The minimum absolute atomic E-state index is 0.0784. The van der Waals surface area contributed by atoms with Crippen molar-refractivity contribution in [3.8, 4) is 17.1 Å². The summed E-state index contributed by atoms with van der Waals surface area (Å²) >= 11 is 0. The van der Waals surface area contributed by atoms with Gasteiger partial charge in [-0.25, -0.2) is 4.98 Å². The summed E-state index contributed by atoms with van der Waals surface area (Å²) in [5.41, 5.74) is 2.01. The number of aromatic hydroxyl groups is 1. The van der Waals surface area contributed by atoms with E-state index < -0.39 is 0 Å². The number of nitrogens with zero attached hydrogens (tertiary/aromatic N) is 3. The van der Waals surface area contributed by atoms with Gasteiger partial charge >= 0.3 is 0 Å². The Labute approximate surface area is 138 Å². The number of carbonyl (C=O) groups excluding carboxylic acids is 1. The summed E-state index contributed by atoms with van der Waals surface area (Å²) < 4.78 is 5.17. The fourth-order valence-corrected chi connectivity index (χ4v) is 2.08. The van der Waals surface area contributed by atoms with Crippen molar-refractivity contribution >= 4 is 11.7 Å². The Kier molecular flexibility index (Phi) is 4.51. The van der Waals surface area contributed by atoms with Crippen molar-refractivity contribution in [3.05, 3.63) is 54.0 Å². The zero-order valence-electron chi connectivity index (χ0n) is 13.1. The molecule has 0 saturated heterocycles. The number of hydrogen-bond donors (Lipinski definition) is 2. The number of aryl methyl sites for hydroxylation is 2. The molecule has 0 bridgehead atoms. The van der Waals surface area contributed by atoms with E-state index in [0.29, 0.717) is 18.1 Å². The van der Waals surface area contributed by atoms with Crippen molar-refractivity contribution < 1.29 is 14.4 Å². The monoisotopic (exact) mass is 324 g/mol. The summed E-state index contributed by atoms with van der Waals surface area (Å²) in [6, 6.07) is 10.8. The molecule has 7 heteroatoms. The van der Waals surface area contributed by atoms with E-state index in [4.69, 9.17) is 4.52 Å². The molecule has 122 valence electrons. The van der Waals surface area contributed by atoms with Gasteiger partial charge in [0.15, 0.2) is 11.6 Å². The first-order valence-corrected chi connectivity index (χ1v) is 7.45. The maximum absolute atomic E-state index is 11.9. The second-order valence-electron chi connectivity index (χ2n) is 5.30. The van der Waals surface area contributed by atoms with Gasteiger partial charge in [-0.1, -0.05) is 35.0 Å². The number of aromatic nitrogens is 3. The van der Waals surface area contributed by atoms with Crippen LogP contribution in [0.3, 0.4) is 0 Å². The molecule has 0 saturated carbocycles. The Morgan fingerprint density at radius 2 is 2.04 bits per heavy atom. The highest BCUT2D eigenvalue weighted by Gasteiger charge is 2.12. The highest BCUT2D eigenvalue weighted by Crippen LogP contribution is 2.19. The molecule has 0 fully saturated rings. The number of carbonyl (C=O) groups is 1. The zero-order valence-corrected chi connectivity index (χ0v) is 13.1. The lowest BCUT2D eigenvalue weighted by molar-refractivity contribution is -0.116. The minimum atomic E-state index is -0.293. The molecular formula is C17H16N4O3. The molecule has 0 aliphatic rings. The molecule has 2 heterocycles. The molecule has 3 aromatic rings. The molecule has 24 heavy (non-hydrogen) atoms. The van der Waals surface area contributed by atoms with Gasteiger partial charge in [0.25, 0.3) is 0 Å². The first-order valence-electron chi connectivity index (χ1n) is 7.45. The van der Waals surface area contributed by atoms with E-state index in [9.17, 15) is 9.90 Å². The van der Waals surface area contributed by atoms with Crippen molar-refractivity contribution in [2.75, 3.05) is 5.32 Å². The number of anilines is 1. The average Bonchev–Trinajstić information content (AvgIpc) is 3.05. The topological polar surface area (TPSA) is 101 Å². The van der Waals surface area contributed by atoms with E-state index in [1.807, 2.05) is 31.2 Å². The van der Waals surface area contributed by atoms with Crippen LogP contribution in [-0.2, 0) is 11.2 Å². The molecule has 2 N–H and O–H groups in total. The number of benzene rings is 1. The van der Waals surface area contributed by atoms with E-state index in [0.717, 1.165) is 11.1 Å². The van der Waals surface area contributed by atoms with Crippen molar-refractivity contribution in [1.82, 2.24) is 15.1 Å². The molecule has 7 nitrogen and oxygen atoms in total. The van der Waals surface area contributed by atoms with Crippen molar-refractivity contribution in [2.24, 2.45) is 0 Å². The summed E-state index contributed by atoms with van der Waals surface area (Å²) in [6.07, 6.45) is 1.94. The number of pyridine rings is 1. The molecule has 2 aromatic heterocycles. The third-order valence-electron chi connectivity index (χ3n) is 3.39. The highest BCUT2D eigenvalue weighted by molar-refractivity contribution is 5.91. The van der Waals surface area contributed by atoms with Gasteiger partial charge in [-0.2, -0.15) is 4.98 Å². The summed E-state index contributed by atoms with van der Waals surface area (Å²) in [6.45, 7) is 2.00. The number of amides is 1. The van der Waals surface area contributed by atoms with Crippen molar-refractivity contribution in [1.29, 1.82) is 0 Å². The smallest absolute Gasteiger partial charge is 0.227 e. The lowest BCUT2D eigenvalue weighted by atomic mass is 10.1. The van der Waals surface area contributed by atoms with Gasteiger partial charge in [-0.15, -0.1) is 0 Å². The van der Waals surface area contributed by atoms with Crippen molar-refractivity contribution in [2.45, 2.75) is 19.8 Å². The molecule has 0 atom stereocenters. The van der Waals surface area contributed by atoms with Crippen molar-refractivity contribution in [3.63, 3.8) is 0 Å². The lowest BCUT2D eigenvalue weighted by Crippen LogP contribution is -2.13. The average molecular weight is 324 g/mol. The maximum atomic E-state index is 11.9. The quantitative estimate of drug-likeness (QED) is 0.748. The molecule has 0 unspecified atom stereocenters. The van der Waals surface area contributed by atoms with Crippen LogP contribution in [0.5, 0.6) is 5.75 Å². The predicted octanol–water partition coefficient (Wildman–Crippen LogP) is 2.72. The predicted molar refractivity (Wildman–Crippen MR) is 87.3 cm³/mol. The van der Waals surface area contributed by atoms with E-state index in [1.54, 1.807) is 6.07 Å². The van der Waals surface area contributed by atoms with Gasteiger partial charge < -0.3 is 14.9 Å². The van der Waals surface area contributed by atoms with Crippen LogP contribution in [0, 0.1) is 6.92 Å². The second kappa shape index (κ2) is 6.91. The number of nitrogens with one attached hydrogen (secondary N) is 1. The Morgan fingerprint density at radius 3 is 2.79 bits per heavy atom. The van der Waals surface area contributed by atoms with Crippen LogP contribution in [0.15, 0.2) is 47.1 Å². The third-order valence-corrected chi connectivity index (χ3v) is 3.39. The summed E-state index contributed by atoms with van der Waals surface area (Å²) in [5.74, 6) is 0.636. The Balaban J connectivity index is 1.58. The normalized spacial score (nSPS) is 10.5. The van der Waals surface area contributed by atoms with E-state index in [-0.39, 0.29) is 23.9 Å². The third kappa shape index (κ3) is 3.75. The van der Waals surface area contributed by atoms with Gasteiger partial charge in [0.1, 0.15) is 0 Å². The molecule has 0 radical (unpaired) electrons. The van der Waals surface area contributed by atoms with Crippen LogP contribution in [-0.4, -0.2) is 26.1 Å². The van der Waals surface area contributed by atoms with Gasteiger partial charge in [0, 0.05) is 24.6 Å². The molecule has 0 spiro atoms. The molecular weight excluding hydrogens is 308 g/mol. The first kappa shape index (κ1) is 15.7. The molecule has 3 rings (SSSR count). The number of hydrogen-bond acceptors (Lipinski definition) is 6. The van der Waals surface area contributed by atoms with Crippen LogP contribution in [0.25, 0.3) is 11.4 Å². The molecule has 1 amide bonds. The largest absolute Gasteiger partial charge is 0.504 e. The standard InChI is InChI=1S/C17H16N4O3/c1-11-4-6-12(7-5-11)16-20-15(24-21-16)9-8-14(23)19-17-13(22)3-2-10-18-17/h2-7,10,22H,8-9H2,1H3,(H,18,19,23). The van der Waals surface area contributed by atoms with Crippen LogP contribution in [0.1, 0.15) is 17.9 Å². The van der Waals surface area contributed by atoms with E-state index >= 15 is 0 Å². The lowest BCUT2D eigenvalue weighted by Gasteiger charge is -2.04. The summed E-state index contributed by atoms with van der Waals surface area (Å²) in [7, 11) is 0. The van der Waals surface area contributed by atoms with E-state index in [2.05, 4.69) is 20.4 Å². The molecule has 0 aliphatic carbocycles. The maximum Gasteiger partial charge on any atom is 0.227 e. The van der Waals surface area contributed by atoms with Gasteiger partial charge in [-0.05, 0) is 19.1 Å². The Morgan fingerprint density at radius 1 is 1.25 bits per heavy atom. The van der Waals surface area contributed by atoms with Crippen LogP contribution < -0.4 is 5.32 Å². The first-order chi connectivity index (χ1) is 11.6. The SMILES string of the molecule is Cc1ccc(-c2noc(CCC(=O)Nc3ncccc3O)n2)cc1. The van der Waals surface area contributed by atoms with Gasteiger partial charge in [0.05, 0.1) is 0 Å². The Hall–Kier alpha value is -3.22. The number of rotatable bonds is 5. The van der Waals surface area contributed by atoms with E-state index in [1.165, 1.54) is 12.3 Å². The second-order valence-corrected chi connectivity index (χ2v) is 5.30. The molecule has 0 aliphatic heterocycles.